The van der Waals surface area contributed by atoms with Crippen LogP contribution in [0.1, 0.15) is 11.1 Å². The van der Waals surface area contributed by atoms with E-state index in [1.165, 1.54) is 10.6 Å². The van der Waals surface area contributed by atoms with Gasteiger partial charge in [0.05, 0.1) is 28.9 Å². The summed E-state index contributed by atoms with van der Waals surface area (Å²) < 4.78 is 26.1. The topological polar surface area (TPSA) is 81.8 Å². The summed E-state index contributed by atoms with van der Waals surface area (Å²) in [5, 5.41) is 6.82. The van der Waals surface area contributed by atoms with E-state index in [1.807, 2.05) is 67.5 Å². The van der Waals surface area contributed by atoms with E-state index in [1.54, 1.807) is 24.3 Å². The minimum absolute atomic E-state index is 0.225. The maximum absolute atomic E-state index is 13.0. The lowest BCUT2D eigenvalue weighted by Crippen LogP contribution is -2.35. The highest BCUT2D eigenvalue weighted by atomic mass is 35.5. The zero-order chi connectivity index (χ0) is 25.2. The van der Waals surface area contributed by atoms with E-state index in [9.17, 15) is 13.2 Å². The third kappa shape index (κ3) is 5.67. The van der Waals surface area contributed by atoms with Crippen LogP contribution in [0.2, 0.25) is 5.02 Å². The van der Waals surface area contributed by atoms with Crippen molar-refractivity contribution in [3.63, 3.8) is 0 Å². The van der Waals surface area contributed by atoms with Gasteiger partial charge in [0.1, 0.15) is 0 Å². The van der Waals surface area contributed by atoms with E-state index in [-0.39, 0.29) is 5.91 Å². The summed E-state index contributed by atoms with van der Waals surface area (Å²) in [6.45, 7) is 0.938. The summed E-state index contributed by atoms with van der Waals surface area (Å²) in [4.78, 5) is 14.9. The van der Waals surface area contributed by atoms with Gasteiger partial charge in [0, 0.05) is 29.4 Å². The number of anilines is 3. The van der Waals surface area contributed by atoms with Crippen LogP contribution in [-0.2, 0) is 14.8 Å². The van der Waals surface area contributed by atoms with Crippen molar-refractivity contribution < 1.29 is 13.2 Å². The van der Waals surface area contributed by atoms with Crippen molar-refractivity contribution in [1.29, 1.82) is 0 Å². The monoisotopic (exact) mass is 510 g/mol. The van der Waals surface area contributed by atoms with Gasteiger partial charge in [-0.2, -0.15) is 0 Å². The van der Waals surface area contributed by atoms with E-state index in [2.05, 4.69) is 10.6 Å². The molecule has 2 N–H and O–H groups in total. The van der Waals surface area contributed by atoms with Crippen LogP contribution in [0.4, 0.5) is 17.1 Å². The summed E-state index contributed by atoms with van der Waals surface area (Å²) in [5.74, 6) is -0.225. The Bertz CT molecular complexity index is 1370. The predicted molar refractivity (Wildman–Crippen MR) is 144 cm³/mol. The lowest BCUT2D eigenvalue weighted by Gasteiger charge is -2.24. The Morgan fingerprint density at radius 2 is 1.66 bits per heavy atom. The zero-order valence-corrected chi connectivity index (χ0v) is 21.3. The number of likely N-dealkylation sites (N-methyl/N-ethyl adjacent to an activating group) is 1. The first-order chi connectivity index (χ1) is 16.6. The molecule has 0 spiro atoms. The Balaban J connectivity index is 1.72. The molecule has 7 nitrogen and oxygen atoms in total. The van der Waals surface area contributed by atoms with Gasteiger partial charge in [-0.05, 0) is 56.1 Å². The van der Waals surface area contributed by atoms with Gasteiger partial charge < -0.3 is 15.5 Å². The van der Waals surface area contributed by atoms with Crippen molar-refractivity contribution in [3.05, 3.63) is 88.9 Å². The number of halogens is 1. The summed E-state index contributed by atoms with van der Waals surface area (Å²) in [7, 11) is 0.364. The number of nitrogens with zero attached hydrogens (tertiary/aromatic N) is 2. The number of hydrogen-bond donors (Lipinski definition) is 2. The second-order valence-corrected chi connectivity index (χ2v) is 10.9. The first kappa shape index (κ1) is 24.8. The largest absolute Gasteiger partial charge is 0.354 e. The average Bonchev–Trinajstić information content (AvgIpc) is 3.12. The number of hydrogen-bond acceptors (Lipinski definition) is 5. The molecule has 1 aliphatic rings. The lowest BCUT2D eigenvalue weighted by molar-refractivity contribution is -0.110. The fourth-order valence-electron chi connectivity index (χ4n) is 3.91. The van der Waals surface area contributed by atoms with Gasteiger partial charge in [0.25, 0.3) is 5.91 Å². The van der Waals surface area contributed by atoms with Crippen LogP contribution in [0.15, 0.2) is 72.8 Å². The number of fused-ring (bicyclic) bond motifs is 1. The molecule has 3 aromatic rings. The fourth-order valence-corrected chi connectivity index (χ4v) is 5.00. The molecule has 0 atom stereocenters. The predicted octanol–water partition coefficient (Wildman–Crippen LogP) is 4.60. The minimum atomic E-state index is -3.44. The molecule has 4 rings (SSSR count). The number of sulfonamides is 1. The molecule has 3 aromatic carbocycles. The number of carbonyl (C=O) groups is 1. The molecule has 182 valence electrons. The smallest absolute Gasteiger partial charge is 0.258 e. The molecule has 0 unspecified atom stereocenters. The molecule has 1 heterocycles. The van der Waals surface area contributed by atoms with E-state index in [4.69, 9.17) is 11.6 Å². The lowest BCUT2D eigenvalue weighted by atomic mass is 10.00. The maximum Gasteiger partial charge on any atom is 0.258 e. The van der Waals surface area contributed by atoms with Gasteiger partial charge in [-0.25, -0.2) is 8.42 Å². The highest BCUT2D eigenvalue weighted by Gasteiger charge is 2.28. The SMILES string of the molecule is CN(C)CCN(c1ccc(NC(=C2C(=O)Nc3cc(Cl)ccc32)c2ccccc2)cc1)S(C)(=O)=O. The normalized spacial score (nSPS) is 14.5. The summed E-state index contributed by atoms with van der Waals surface area (Å²) >= 11 is 6.12. The molecule has 0 fully saturated rings. The number of nitrogens with one attached hydrogen (secondary N) is 2. The average molecular weight is 511 g/mol. The molecular formula is C26H27ClN4O3S. The van der Waals surface area contributed by atoms with E-state index in [0.717, 1.165) is 16.8 Å². The van der Waals surface area contributed by atoms with Crippen molar-refractivity contribution in [2.24, 2.45) is 0 Å². The Labute approximate surface area is 211 Å². The fraction of sp³-hybridized carbons (Fsp3) is 0.192. The van der Waals surface area contributed by atoms with E-state index < -0.39 is 10.0 Å². The van der Waals surface area contributed by atoms with Crippen molar-refractivity contribution in [2.75, 3.05) is 48.4 Å². The van der Waals surface area contributed by atoms with Crippen LogP contribution >= 0.6 is 11.6 Å². The highest BCUT2D eigenvalue weighted by Crippen LogP contribution is 2.38. The standard InChI is InChI=1S/C26H27ClN4O3S/c1-30(2)15-16-31(35(3,33)34)21-12-10-20(11-13-21)28-25(18-7-5-4-6-8-18)24-22-14-9-19(27)17-23(22)29-26(24)32/h4-14,17,28H,15-16H2,1-3H3,(H,29,32). The van der Waals surface area contributed by atoms with Crippen LogP contribution in [0.3, 0.4) is 0 Å². The van der Waals surface area contributed by atoms with E-state index in [0.29, 0.717) is 40.8 Å². The van der Waals surface area contributed by atoms with Crippen LogP contribution in [-0.4, -0.2) is 52.7 Å². The molecule has 1 amide bonds. The molecule has 0 aromatic heterocycles. The minimum Gasteiger partial charge on any atom is -0.354 e. The third-order valence-corrected chi connectivity index (χ3v) is 7.04. The Kier molecular flexibility index (Phi) is 7.16. The molecule has 9 heteroatoms. The number of amides is 1. The molecule has 35 heavy (non-hydrogen) atoms. The number of rotatable bonds is 8. The van der Waals surface area contributed by atoms with Gasteiger partial charge in [0.2, 0.25) is 10.0 Å². The van der Waals surface area contributed by atoms with Crippen LogP contribution < -0.4 is 14.9 Å². The summed E-state index contributed by atoms with van der Waals surface area (Å²) in [6.07, 6.45) is 1.20. The second-order valence-electron chi connectivity index (χ2n) is 8.57. The highest BCUT2D eigenvalue weighted by molar-refractivity contribution is 7.92. The molecule has 0 bridgehead atoms. The van der Waals surface area contributed by atoms with Crippen molar-refractivity contribution >= 4 is 55.9 Å². The molecule has 0 saturated heterocycles. The Morgan fingerprint density at radius 1 is 0.971 bits per heavy atom. The van der Waals surface area contributed by atoms with Gasteiger partial charge in [0.15, 0.2) is 0 Å². The number of benzene rings is 3. The van der Waals surface area contributed by atoms with Crippen molar-refractivity contribution in [2.45, 2.75) is 0 Å². The summed E-state index contributed by atoms with van der Waals surface area (Å²) in [5.41, 5.74) is 4.71. The second kappa shape index (κ2) is 10.1. The number of carbonyl (C=O) groups excluding carboxylic acids is 1. The first-order valence-electron chi connectivity index (χ1n) is 11.0. The van der Waals surface area contributed by atoms with Crippen LogP contribution in [0, 0.1) is 0 Å². The zero-order valence-electron chi connectivity index (χ0n) is 19.7. The molecular weight excluding hydrogens is 484 g/mol. The van der Waals surface area contributed by atoms with E-state index >= 15 is 0 Å². The molecule has 1 aliphatic heterocycles. The van der Waals surface area contributed by atoms with Gasteiger partial charge in [-0.15, -0.1) is 0 Å². The van der Waals surface area contributed by atoms with Gasteiger partial charge in [-0.1, -0.05) is 48.0 Å². The molecule has 0 saturated carbocycles. The molecule has 0 aliphatic carbocycles. The third-order valence-electron chi connectivity index (χ3n) is 5.61. The van der Waals surface area contributed by atoms with Crippen molar-refractivity contribution in [3.8, 4) is 0 Å². The summed E-state index contributed by atoms with van der Waals surface area (Å²) in [6, 6.07) is 22.0. The Morgan fingerprint density at radius 3 is 2.29 bits per heavy atom. The van der Waals surface area contributed by atoms with Gasteiger partial charge in [-0.3, -0.25) is 9.10 Å². The Hall–Kier alpha value is -3.33. The van der Waals surface area contributed by atoms with Crippen molar-refractivity contribution in [1.82, 2.24) is 4.90 Å². The van der Waals surface area contributed by atoms with Gasteiger partial charge >= 0.3 is 0 Å². The quantitative estimate of drug-likeness (QED) is 0.433. The maximum atomic E-state index is 13.0. The molecule has 0 radical (unpaired) electrons. The first-order valence-corrected chi connectivity index (χ1v) is 13.3. The van der Waals surface area contributed by atoms with Crippen LogP contribution in [0.5, 0.6) is 0 Å². The van der Waals surface area contributed by atoms with Crippen LogP contribution in [0.25, 0.3) is 11.3 Å².